The highest BCUT2D eigenvalue weighted by molar-refractivity contribution is 6.30. The summed E-state index contributed by atoms with van der Waals surface area (Å²) in [5.74, 6) is -0.659. The van der Waals surface area contributed by atoms with Crippen molar-refractivity contribution in [3.05, 3.63) is 63.7 Å². The van der Waals surface area contributed by atoms with E-state index in [1.807, 2.05) is 31.2 Å². The molecular formula is C24H30ClN3O2. The number of nitrogens with zero attached hydrogens (tertiary/aromatic N) is 1. The summed E-state index contributed by atoms with van der Waals surface area (Å²) in [6, 6.07) is 11.4. The van der Waals surface area contributed by atoms with E-state index in [9.17, 15) is 9.59 Å². The molecule has 30 heavy (non-hydrogen) atoms. The van der Waals surface area contributed by atoms with Gasteiger partial charge in [-0.25, -0.2) is 0 Å². The van der Waals surface area contributed by atoms with Crippen molar-refractivity contribution in [1.29, 1.82) is 0 Å². The van der Waals surface area contributed by atoms with Crippen LogP contribution in [0, 0.1) is 12.8 Å². The molecule has 2 amide bonds. The number of halogens is 1. The Hall–Kier alpha value is -2.53. The van der Waals surface area contributed by atoms with Gasteiger partial charge in [0.1, 0.15) is 0 Å². The quantitative estimate of drug-likeness (QED) is 0.667. The molecule has 0 saturated heterocycles. The maximum absolute atomic E-state index is 13.2. The summed E-state index contributed by atoms with van der Waals surface area (Å²) in [5, 5.41) is 3.84. The Kier molecular flexibility index (Phi) is 7.03. The molecule has 3 N–H and O–H groups in total. The smallest absolute Gasteiger partial charge is 0.249 e. The number of carbonyl (C=O) groups is 2. The number of aryl methyl sites for hydroxylation is 1. The van der Waals surface area contributed by atoms with Crippen molar-refractivity contribution < 1.29 is 9.59 Å². The van der Waals surface area contributed by atoms with Crippen molar-refractivity contribution in [1.82, 2.24) is 5.32 Å². The number of fused-ring (bicyclic) bond motifs is 1. The molecule has 5 nitrogen and oxygen atoms in total. The second kappa shape index (κ2) is 9.52. The Balaban J connectivity index is 1.72. The molecule has 0 bridgehead atoms. The molecule has 1 aliphatic heterocycles. The summed E-state index contributed by atoms with van der Waals surface area (Å²) in [7, 11) is 0. The van der Waals surface area contributed by atoms with Crippen LogP contribution in [0.15, 0.2) is 36.4 Å². The monoisotopic (exact) mass is 427 g/mol. The van der Waals surface area contributed by atoms with Gasteiger partial charge in [-0.05, 0) is 66.6 Å². The van der Waals surface area contributed by atoms with Crippen LogP contribution >= 0.6 is 11.6 Å². The maximum atomic E-state index is 13.2. The van der Waals surface area contributed by atoms with Gasteiger partial charge < -0.3 is 16.0 Å². The zero-order valence-electron chi connectivity index (χ0n) is 17.9. The standard InChI is InChI=1S/C24H30ClN3O2/c1-15(2)13-20(22-16(3)5-4-6-19(22)23(26)29)24(30)27-10-12-28-11-9-17-14-18(25)7-8-21(17)28/h4-8,14-15,20H,9-13H2,1-3H3,(H2,26,29)(H,27,30). The Bertz CT molecular complexity index is 942. The van der Waals surface area contributed by atoms with Gasteiger partial charge in [-0.3, -0.25) is 9.59 Å². The lowest BCUT2D eigenvalue weighted by Crippen LogP contribution is -2.37. The number of amides is 2. The van der Waals surface area contributed by atoms with Crippen LogP contribution in [0.2, 0.25) is 5.02 Å². The molecule has 0 fully saturated rings. The lowest BCUT2D eigenvalue weighted by atomic mass is 9.84. The number of nitrogens with one attached hydrogen (secondary N) is 1. The highest BCUT2D eigenvalue weighted by atomic mass is 35.5. The molecule has 1 unspecified atom stereocenters. The number of anilines is 1. The number of carbonyl (C=O) groups excluding carboxylic acids is 2. The molecule has 0 saturated carbocycles. The first-order valence-corrected chi connectivity index (χ1v) is 10.9. The fraction of sp³-hybridized carbons (Fsp3) is 0.417. The first kappa shape index (κ1) is 22.2. The maximum Gasteiger partial charge on any atom is 0.249 e. The summed E-state index contributed by atoms with van der Waals surface area (Å²) in [6.45, 7) is 8.27. The Morgan fingerprint density at radius 2 is 2.00 bits per heavy atom. The van der Waals surface area contributed by atoms with Gasteiger partial charge in [0, 0.05) is 35.9 Å². The van der Waals surface area contributed by atoms with Crippen molar-refractivity contribution in [2.75, 3.05) is 24.5 Å². The van der Waals surface area contributed by atoms with Crippen molar-refractivity contribution in [3.8, 4) is 0 Å². The van der Waals surface area contributed by atoms with Crippen LogP contribution in [0.1, 0.15) is 53.2 Å². The molecule has 2 aromatic rings. The summed E-state index contributed by atoms with van der Waals surface area (Å²) in [6.07, 6.45) is 1.62. The van der Waals surface area contributed by atoms with Gasteiger partial charge >= 0.3 is 0 Å². The van der Waals surface area contributed by atoms with E-state index >= 15 is 0 Å². The van der Waals surface area contributed by atoms with Gasteiger partial charge in [-0.1, -0.05) is 37.6 Å². The van der Waals surface area contributed by atoms with Gasteiger partial charge in [-0.2, -0.15) is 0 Å². The fourth-order valence-corrected chi connectivity index (χ4v) is 4.49. The molecule has 1 heterocycles. The summed E-state index contributed by atoms with van der Waals surface area (Å²) >= 11 is 6.09. The van der Waals surface area contributed by atoms with Gasteiger partial charge in [0.2, 0.25) is 11.8 Å². The van der Waals surface area contributed by atoms with Crippen LogP contribution in [-0.2, 0) is 11.2 Å². The van der Waals surface area contributed by atoms with Crippen molar-refractivity contribution >= 4 is 29.1 Å². The highest BCUT2D eigenvalue weighted by Gasteiger charge is 2.27. The van der Waals surface area contributed by atoms with Gasteiger partial charge in [0.25, 0.3) is 0 Å². The van der Waals surface area contributed by atoms with E-state index in [0.29, 0.717) is 24.4 Å². The molecule has 3 rings (SSSR count). The minimum absolute atomic E-state index is 0.0592. The van der Waals surface area contributed by atoms with Crippen LogP contribution in [0.25, 0.3) is 0 Å². The third-order valence-electron chi connectivity index (χ3n) is 5.68. The van der Waals surface area contributed by atoms with Gasteiger partial charge in [-0.15, -0.1) is 0 Å². The SMILES string of the molecule is Cc1cccc(C(N)=O)c1C(CC(C)C)C(=O)NCCN1CCc2cc(Cl)ccc21. The summed E-state index contributed by atoms with van der Waals surface area (Å²) in [4.78, 5) is 27.4. The number of hydrogen-bond acceptors (Lipinski definition) is 3. The molecule has 1 aliphatic rings. The average molecular weight is 428 g/mol. The predicted octanol–water partition coefficient (Wildman–Crippen LogP) is 4.06. The zero-order valence-corrected chi connectivity index (χ0v) is 18.6. The van der Waals surface area contributed by atoms with Crippen LogP contribution < -0.4 is 16.0 Å². The molecule has 0 aromatic heterocycles. The van der Waals surface area contributed by atoms with Crippen LogP contribution in [0.3, 0.4) is 0 Å². The molecular weight excluding hydrogens is 398 g/mol. The second-order valence-electron chi connectivity index (χ2n) is 8.38. The van der Waals surface area contributed by atoms with E-state index in [4.69, 9.17) is 17.3 Å². The fourth-order valence-electron chi connectivity index (χ4n) is 4.29. The summed E-state index contributed by atoms with van der Waals surface area (Å²) < 4.78 is 0. The van der Waals surface area contributed by atoms with E-state index < -0.39 is 11.8 Å². The molecule has 0 spiro atoms. The Morgan fingerprint density at radius 3 is 2.70 bits per heavy atom. The minimum Gasteiger partial charge on any atom is -0.369 e. The number of benzene rings is 2. The van der Waals surface area contributed by atoms with Crippen molar-refractivity contribution in [2.45, 2.75) is 39.5 Å². The largest absolute Gasteiger partial charge is 0.369 e. The zero-order chi connectivity index (χ0) is 21.8. The summed E-state index contributed by atoms with van der Waals surface area (Å²) in [5.41, 5.74) is 10.1. The average Bonchev–Trinajstić information content (AvgIpc) is 3.07. The first-order valence-electron chi connectivity index (χ1n) is 10.5. The van der Waals surface area contributed by atoms with E-state index in [0.717, 1.165) is 35.7 Å². The van der Waals surface area contributed by atoms with E-state index in [-0.39, 0.29) is 5.91 Å². The third-order valence-corrected chi connectivity index (χ3v) is 5.91. The van der Waals surface area contributed by atoms with Crippen molar-refractivity contribution in [2.24, 2.45) is 11.7 Å². The van der Waals surface area contributed by atoms with Gasteiger partial charge in [0.15, 0.2) is 0 Å². The number of nitrogens with two attached hydrogens (primary N) is 1. The van der Waals surface area contributed by atoms with Crippen LogP contribution in [0.5, 0.6) is 0 Å². The van der Waals surface area contributed by atoms with Gasteiger partial charge in [0.05, 0.1) is 5.92 Å². The molecule has 2 aromatic carbocycles. The molecule has 1 atom stereocenters. The van der Waals surface area contributed by atoms with E-state index in [1.165, 1.54) is 11.3 Å². The number of rotatable bonds is 8. The highest BCUT2D eigenvalue weighted by Crippen LogP contribution is 2.31. The van der Waals surface area contributed by atoms with Crippen LogP contribution in [-0.4, -0.2) is 31.4 Å². The normalized spacial score (nSPS) is 14.0. The number of primary amides is 1. The van der Waals surface area contributed by atoms with E-state index in [2.05, 4.69) is 24.1 Å². The Labute approximate surface area is 183 Å². The lowest BCUT2D eigenvalue weighted by Gasteiger charge is -2.24. The molecule has 0 radical (unpaired) electrons. The molecule has 6 heteroatoms. The molecule has 160 valence electrons. The van der Waals surface area contributed by atoms with Crippen molar-refractivity contribution in [3.63, 3.8) is 0 Å². The minimum atomic E-state index is -0.498. The van der Waals surface area contributed by atoms with E-state index in [1.54, 1.807) is 12.1 Å². The predicted molar refractivity (Wildman–Crippen MR) is 122 cm³/mol. The third kappa shape index (κ3) is 4.96. The second-order valence-corrected chi connectivity index (χ2v) is 8.82. The lowest BCUT2D eigenvalue weighted by molar-refractivity contribution is -0.122. The Morgan fingerprint density at radius 1 is 1.23 bits per heavy atom. The first-order chi connectivity index (χ1) is 14.3. The topological polar surface area (TPSA) is 75.4 Å². The van der Waals surface area contributed by atoms with Crippen LogP contribution in [0.4, 0.5) is 5.69 Å². The molecule has 0 aliphatic carbocycles. The number of hydrogen-bond donors (Lipinski definition) is 2.